The maximum Gasteiger partial charge on any atom is 0.0300 e. The molecule has 1 aliphatic rings. The van der Waals surface area contributed by atoms with Crippen LogP contribution in [0.4, 0.5) is 0 Å². The third-order valence-corrected chi connectivity index (χ3v) is 6.10. The lowest BCUT2D eigenvalue weighted by atomic mass is 10.1. The minimum Gasteiger partial charge on any atom is -0.310 e. The van der Waals surface area contributed by atoms with Gasteiger partial charge in [0.1, 0.15) is 0 Å². The van der Waals surface area contributed by atoms with E-state index >= 15 is 0 Å². The number of hydrogen-bond donors (Lipinski definition) is 1. The molecule has 1 fully saturated rings. The average molecular weight is 289 g/mol. The molecule has 100 valence electrons. The summed E-state index contributed by atoms with van der Waals surface area (Å²) in [6.45, 7) is 2.15. The van der Waals surface area contributed by atoms with Crippen molar-refractivity contribution in [2.45, 2.75) is 24.1 Å². The van der Waals surface area contributed by atoms with Crippen LogP contribution in [0.3, 0.4) is 0 Å². The Bertz CT molecular complexity index is 529. The molecule has 1 aromatic heterocycles. The summed E-state index contributed by atoms with van der Waals surface area (Å²) in [5, 5.41) is 5.87. The summed E-state index contributed by atoms with van der Waals surface area (Å²) in [7, 11) is 0. The van der Waals surface area contributed by atoms with Crippen molar-refractivity contribution < 1.29 is 0 Å². The summed E-state index contributed by atoms with van der Waals surface area (Å²) in [4.78, 5) is 1.43. The van der Waals surface area contributed by atoms with Gasteiger partial charge < -0.3 is 5.32 Å². The van der Waals surface area contributed by atoms with Gasteiger partial charge in [-0.2, -0.15) is 11.8 Å². The maximum atomic E-state index is 3.61. The van der Waals surface area contributed by atoms with Gasteiger partial charge in [-0.15, -0.1) is 11.3 Å². The monoisotopic (exact) mass is 289 g/mol. The lowest BCUT2D eigenvalue weighted by Crippen LogP contribution is -2.25. The predicted molar refractivity (Wildman–Crippen MR) is 86.9 cm³/mol. The van der Waals surface area contributed by atoms with Crippen LogP contribution in [0, 0.1) is 0 Å². The van der Waals surface area contributed by atoms with Crippen molar-refractivity contribution >= 4 is 23.1 Å². The SMILES string of the molecule is CSC1(CNCc2cc(-c3ccccc3)cs2)CC1. The third kappa shape index (κ3) is 3.22. The van der Waals surface area contributed by atoms with Crippen molar-refractivity contribution in [1.29, 1.82) is 0 Å². The molecule has 0 aliphatic heterocycles. The van der Waals surface area contributed by atoms with Gasteiger partial charge in [0.15, 0.2) is 0 Å². The molecule has 1 aliphatic carbocycles. The summed E-state index contributed by atoms with van der Waals surface area (Å²) >= 11 is 3.87. The normalized spacial score (nSPS) is 16.5. The van der Waals surface area contributed by atoms with Crippen LogP contribution >= 0.6 is 23.1 Å². The van der Waals surface area contributed by atoms with E-state index in [9.17, 15) is 0 Å². The lowest BCUT2D eigenvalue weighted by Gasteiger charge is -2.12. The Morgan fingerprint density at radius 1 is 1.21 bits per heavy atom. The van der Waals surface area contributed by atoms with E-state index in [1.54, 1.807) is 0 Å². The van der Waals surface area contributed by atoms with Gasteiger partial charge in [0, 0.05) is 22.7 Å². The molecular weight excluding hydrogens is 270 g/mol. The number of rotatable bonds is 6. The number of nitrogens with one attached hydrogen (secondary N) is 1. The molecule has 1 heterocycles. The highest BCUT2D eigenvalue weighted by molar-refractivity contribution is 8.00. The second-order valence-corrected chi connectivity index (χ2v) is 7.43. The molecule has 1 N–H and O–H groups in total. The molecule has 2 aromatic rings. The molecule has 1 nitrogen and oxygen atoms in total. The van der Waals surface area contributed by atoms with E-state index in [1.807, 2.05) is 23.1 Å². The van der Waals surface area contributed by atoms with E-state index in [-0.39, 0.29) is 0 Å². The molecule has 1 aromatic carbocycles. The van der Waals surface area contributed by atoms with E-state index in [1.165, 1.54) is 28.8 Å². The first-order valence-corrected chi connectivity index (χ1v) is 8.80. The van der Waals surface area contributed by atoms with Gasteiger partial charge in [0.05, 0.1) is 0 Å². The number of benzene rings is 1. The molecule has 0 saturated heterocycles. The number of hydrogen-bond acceptors (Lipinski definition) is 3. The Morgan fingerprint density at radius 3 is 2.68 bits per heavy atom. The molecule has 0 bridgehead atoms. The fourth-order valence-corrected chi connectivity index (χ4v) is 3.88. The highest BCUT2D eigenvalue weighted by Gasteiger charge is 2.41. The van der Waals surface area contributed by atoms with Crippen molar-refractivity contribution in [3.05, 3.63) is 46.7 Å². The van der Waals surface area contributed by atoms with Gasteiger partial charge in [0.25, 0.3) is 0 Å². The van der Waals surface area contributed by atoms with Crippen LogP contribution in [-0.4, -0.2) is 17.5 Å². The first kappa shape index (κ1) is 13.2. The highest BCUT2D eigenvalue weighted by Crippen LogP contribution is 2.46. The van der Waals surface area contributed by atoms with Crippen molar-refractivity contribution in [3.8, 4) is 11.1 Å². The second kappa shape index (κ2) is 5.70. The van der Waals surface area contributed by atoms with Crippen LogP contribution in [0.1, 0.15) is 17.7 Å². The minimum absolute atomic E-state index is 0.555. The molecular formula is C16H19NS2. The summed E-state index contributed by atoms with van der Waals surface area (Å²) < 4.78 is 0.555. The molecule has 0 spiro atoms. The van der Waals surface area contributed by atoms with E-state index < -0.39 is 0 Å². The standard InChI is InChI=1S/C16H19NS2/c1-18-16(7-8-16)12-17-10-15-9-14(11-19-15)13-5-3-2-4-6-13/h2-6,9,11,17H,7-8,10,12H2,1H3. The molecule has 3 heteroatoms. The van der Waals surface area contributed by atoms with Crippen LogP contribution < -0.4 is 5.32 Å². The van der Waals surface area contributed by atoms with Gasteiger partial charge in [0.2, 0.25) is 0 Å². The zero-order valence-corrected chi connectivity index (χ0v) is 12.8. The third-order valence-electron chi connectivity index (χ3n) is 3.75. The predicted octanol–water partition coefficient (Wildman–Crippen LogP) is 4.40. The van der Waals surface area contributed by atoms with Gasteiger partial charge in [-0.3, -0.25) is 0 Å². The quantitative estimate of drug-likeness (QED) is 0.846. The largest absolute Gasteiger partial charge is 0.310 e. The summed E-state index contributed by atoms with van der Waals surface area (Å²) in [5.41, 5.74) is 2.65. The fraction of sp³-hybridized carbons (Fsp3) is 0.375. The smallest absolute Gasteiger partial charge is 0.0300 e. The molecule has 1 saturated carbocycles. The number of thiophene rings is 1. The zero-order valence-electron chi connectivity index (χ0n) is 11.2. The first-order valence-electron chi connectivity index (χ1n) is 6.70. The maximum absolute atomic E-state index is 3.61. The van der Waals surface area contributed by atoms with Gasteiger partial charge in [-0.25, -0.2) is 0 Å². The Hall–Kier alpha value is -0.770. The highest BCUT2D eigenvalue weighted by atomic mass is 32.2. The van der Waals surface area contributed by atoms with Gasteiger partial charge in [-0.05, 0) is 41.7 Å². The van der Waals surface area contributed by atoms with Gasteiger partial charge >= 0.3 is 0 Å². The Morgan fingerprint density at radius 2 is 2.00 bits per heavy atom. The summed E-state index contributed by atoms with van der Waals surface area (Å²) in [6.07, 6.45) is 4.98. The Kier molecular flexibility index (Phi) is 3.96. The van der Waals surface area contributed by atoms with Crippen LogP contribution in [0.25, 0.3) is 11.1 Å². The van der Waals surface area contributed by atoms with Crippen molar-refractivity contribution in [3.63, 3.8) is 0 Å². The zero-order chi connectivity index (χ0) is 13.1. The van der Waals surface area contributed by atoms with Gasteiger partial charge in [-0.1, -0.05) is 30.3 Å². The second-order valence-electron chi connectivity index (χ2n) is 5.16. The van der Waals surface area contributed by atoms with E-state index in [0.29, 0.717) is 4.75 Å². The molecule has 0 radical (unpaired) electrons. The van der Waals surface area contributed by atoms with Crippen LogP contribution in [-0.2, 0) is 6.54 Å². The van der Waals surface area contributed by atoms with Crippen molar-refractivity contribution in [2.24, 2.45) is 0 Å². The van der Waals surface area contributed by atoms with E-state index in [2.05, 4.69) is 53.4 Å². The van der Waals surface area contributed by atoms with Crippen LogP contribution in [0.2, 0.25) is 0 Å². The molecule has 0 atom stereocenters. The number of thioether (sulfide) groups is 1. The molecule has 0 unspecified atom stereocenters. The van der Waals surface area contributed by atoms with E-state index in [0.717, 1.165) is 13.1 Å². The Labute approximate surface area is 123 Å². The van der Waals surface area contributed by atoms with Crippen LogP contribution in [0.15, 0.2) is 41.8 Å². The molecule has 0 amide bonds. The van der Waals surface area contributed by atoms with Crippen molar-refractivity contribution in [1.82, 2.24) is 5.32 Å². The molecule has 3 rings (SSSR count). The molecule has 19 heavy (non-hydrogen) atoms. The van der Waals surface area contributed by atoms with Crippen LogP contribution in [0.5, 0.6) is 0 Å². The summed E-state index contributed by atoms with van der Waals surface area (Å²) in [5.74, 6) is 0. The summed E-state index contributed by atoms with van der Waals surface area (Å²) in [6, 6.07) is 12.9. The topological polar surface area (TPSA) is 12.0 Å². The minimum atomic E-state index is 0.555. The first-order chi connectivity index (χ1) is 9.31. The lowest BCUT2D eigenvalue weighted by molar-refractivity contribution is 0.669. The van der Waals surface area contributed by atoms with E-state index in [4.69, 9.17) is 0 Å². The fourth-order valence-electron chi connectivity index (χ4n) is 2.26. The average Bonchev–Trinajstić information content (AvgIpc) is 3.09. The Balaban J connectivity index is 1.57. The van der Waals surface area contributed by atoms with Crippen molar-refractivity contribution in [2.75, 3.05) is 12.8 Å².